The van der Waals surface area contributed by atoms with Crippen LogP contribution >= 0.6 is 15.9 Å². The van der Waals surface area contributed by atoms with Gasteiger partial charge >= 0.3 is 0 Å². The lowest BCUT2D eigenvalue weighted by molar-refractivity contribution is -0.124. The van der Waals surface area contributed by atoms with Gasteiger partial charge in [-0.25, -0.2) is 0 Å². The van der Waals surface area contributed by atoms with E-state index in [1.54, 1.807) is 7.11 Å². The fourth-order valence-corrected chi connectivity index (χ4v) is 3.02. The minimum atomic E-state index is -0.188. The van der Waals surface area contributed by atoms with Crippen LogP contribution in [0.5, 0.6) is 5.75 Å². The molecule has 20 heavy (non-hydrogen) atoms. The Bertz CT molecular complexity index is 493. The number of nitrogens with zero attached hydrogens (tertiary/aromatic N) is 1. The molecule has 1 aromatic rings. The second kappa shape index (κ2) is 6.59. The van der Waals surface area contributed by atoms with Crippen LogP contribution in [0.4, 0.5) is 0 Å². The third kappa shape index (κ3) is 3.52. The zero-order valence-electron chi connectivity index (χ0n) is 11.9. The summed E-state index contributed by atoms with van der Waals surface area (Å²) in [4.78, 5) is 13.7. The molecule has 2 unspecified atom stereocenters. The summed E-state index contributed by atoms with van der Waals surface area (Å²) in [5.41, 5.74) is 6.62. The number of carbonyl (C=O) groups excluding carboxylic acids is 1. The third-order valence-electron chi connectivity index (χ3n) is 4.04. The smallest absolute Gasteiger partial charge is 0.221 e. The maximum Gasteiger partial charge on any atom is 0.221 e. The molecule has 0 radical (unpaired) electrons. The van der Waals surface area contributed by atoms with E-state index < -0.39 is 0 Å². The number of piperidine rings is 1. The van der Waals surface area contributed by atoms with Crippen LogP contribution in [0, 0.1) is 5.92 Å². The van der Waals surface area contributed by atoms with Crippen LogP contribution in [-0.4, -0.2) is 30.5 Å². The number of ether oxygens (including phenoxy) is 1. The van der Waals surface area contributed by atoms with Crippen molar-refractivity contribution < 1.29 is 9.53 Å². The quantitative estimate of drug-likeness (QED) is 0.916. The van der Waals surface area contributed by atoms with Crippen molar-refractivity contribution in [2.24, 2.45) is 11.7 Å². The average Bonchev–Trinajstić information content (AvgIpc) is 2.43. The molecule has 2 rings (SSSR count). The van der Waals surface area contributed by atoms with E-state index in [1.165, 1.54) is 5.56 Å². The summed E-state index contributed by atoms with van der Waals surface area (Å²) in [5, 5.41) is 0. The van der Waals surface area contributed by atoms with Crippen molar-refractivity contribution >= 4 is 21.8 Å². The highest BCUT2D eigenvalue weighted by Gasteiger charge is 2.28. The average molecular weight is 341 g/mol. The number of carbonyl (C=O) groups is 1. The van der Waals surface area contributed by atoms with E-state index in [0.717, 1.165) is 36.2 Å². The van der Waals surface area contributed by atoms with E-state index in [4.69, 9.17) is 10.5 Å². The Kier molecular flexibility index (Phi) is 5.05. The van der Waals surface area contributed by atoms with Gasteiger partial charge in [-0.05, 0) is 43.5 Å². The maximum atomic E-state index is 11.4. The number of methoxy groups -OCH3 is 1. The van der Waals surface area contributed by atoms with Crippen LogP contribution in [0.2, 0.25) is 0 Å². The number of hydrogen-bond donors (Lipinski definition) is 1. The number of rotatable bonds is 4. The molecule has 110 valence electrons. The first kappa shape index (κ1) is 15.3. The Hall–Kier alpha value is -1.07. The van der Waals surface area contributed by atoms with Crippen molar-refractivity contribution in [2.75, 3.05) is 13.7 Å². The lowest BCUT2D eigenvalue weighted by Crippen LogP contribution is -2.45. The second-order valence-corrected chi connectivity index (χ2v) is 6.27. The molecule has 1 aliphatic rings. The van der Waals surface area contributed by atoms with E-state index in [-0.39, 0.29) is 11.8 Å². The van der Waals surface area contributed by atoms with Crippen LogP contribution in [0.15, 0.2) is 22.7 Å². The van der Waals surface area contributed by atoms with E-state index in [9.17, 15) is 4.79 Å². The van der Waals surface area contributed by atoms with E-state index in [2.05, 4.69) is 27.8 Å². The van der Waals surface area contributed by atoms with Crippen LogP contribution in [0.25, 0.3) is 0 Å². The summed E-state index contributed by atoms with van der Waals surface area (Å²) < 4.78 is 6.33. The standard InChI is InChI=1S/C15H21BrN2O2/c1-10-3-4-11(15(17)19)8-18(10)9-12-7-13(20-2)5-6-14(12)16/h5-7,10-11H,3-4,8-9H2,1-2H3,(H2,17,19). The molecule has 2 N–H and O–H groups in total. The van der Waals surface area contributed by atoms with Crippen molar-refractivity contribution in [3.8, 4) is 5.75 Å². The molecule has 0 aromatic heterocycles. The van der Waals surface area contributed by atoms with Gasteiger partial charge in [0.25, 0.3) is 0 Å². The Morgan fingerprint density at radius 3 is 2.90 bits per heavy atom. The van der Waals surface area contributed by atoms with E-state index in [1.807, 2.05) is 18.2 Å². The number of likely N-dealkylation sites (tertiary alicyclic amines) is 1. The molecule has 1 saturated heterocycles. The fourth-order valence-electron chi connectivity index (χ4n) is 2.65. The molecule has 0 bridgehead atoms. The molecule has 5 heteroatoms. The Morgan fingerprint density at radius 1 is 1.50 bits per heavy atom. The molecule has 2 atom stereocenters. The number of amides is 1. The summed E-state index contributed by atoms with van der Waals surface area (Å²) in [6.07, 6.45) is 1.90. The first-order chi connectivity index (χ1) is 9.51. The molecule has 0 aliphatic carbocycles. The van der Waals surface area contributed by atoms with Gasteiger partial charge in [-0.15, -0.1) is 0 Å². The van der Waals surface area contributed by atoms with E-state index in [0.29, 0.717) is 6.04 Å². The van der Waals surface area contributed by atoms with Crippen molar-refractivity contribution in [2.45, 2.75) is 32.4 Å². The molecule has 1 amide bonds. The van der Waals surface area contributed by atoms with Gasteiger partial charge in [0.2, 0.25) is 5.91 Å². The van der Waals surface area contributed by atoms with E-state index >= 15 is 0 Å². The lowest BCUT2D eigenvalue weighted by Gasteiger charge is -2.37. The summed E-state index contributed by atoms with van der Waals surface area (Å²) in [7, 11) is 1.67. The highest BCUT2D eigenvalue weighted by Crippen LogP contribution is 2.28. The number of benzene rings is 1. The number of nitrogens with two attached hydrogens (primary N) is 1. The summed E-state index contributed by atoms with van der Waals surface area (Å²) in [6.45, 7) is 3.73. The Morgan fingerprint density at radius 2 is 2.25 bits per heavy atom. The summed E-state index contributed by atoms with van der Waals surface area (Å²) in [6, 6.07) is 6.42. The molecular formula is C15H21BrN2O2. The molecule has 1 aromatic carbocycles. The zero-order chi connectivity index (χ0) is 14.7. The number of hydrogen-bond acceptors (Lipinski definition) is 3. The highest BCUT2D eigenvalue weighted by molar-refractivity contribution is 9.10. The van der Waals surface area contributed by atoms with Crippen LogP contribution in [0.1, 0.15) is 25.3 Å². The van der Waals surface area contributed by atoms with Gasteiger partial charge < -0.3 is 10.5 Å². The first-order valence-corrected chi connectivity index (χ1v) is 7.66. The monoisotopic (exact) mass is 340 g/mol. The van der Waals surface area contributed by atoms with Gasteiger partial charge in [0.05, 0.1) is 13.0 Å². The van der Waals surface area contributed by atoms with Crippen molar-refractivity contribution in [3.05, 3.63) is 28.2 Å². The van der Waals surface area contributed by atoms with Crippen molar-refractivity contribution in [1.82, 2.24) is 4.90 Å². The zero-order valence-corrected chi connectivity index (χ0v) is 13.5. The van der Waals surface area contributed by atoms with Gasteiger partial charge in [0.15, 0.2) is 0 Å². The maximum absolute atomic E-state index is 11.4. The molecule has 0 spiro atoms. The minimum absolute atomic E-state index is 0.0319. The predicted octanol–water partition coefficient (Wildman–Crippen LogP) is 2.54. The molecule has 0 saturated carbocycles. The number of primary amides is 1. The largest absolute Gasteiger partial charge is 0.497 e. The van der Waals surface area contributed by atoms with Crippen LogP contribution < -0.4 is 10.5 Å². The second-order valence-electron chi connectivity index (χ2n) is 5.41. The first-order valence-electron chi connectivity index (χ1n) is 6.87. The molecule has 4 nitrogen and oxygen atoms in total. The van der Waals surface area contributed by atoms with Gasteiger partial charge in [0.1, 0.15) is 5.75 Å². The highest BCUT2D eigenvalue weighted by atomic mass is 79.9. The van der Waals surface area contributed by atoms with Crippen LogP contribution in [-0.2, 0) is 11.3 Å². The summed E-state index contributed by atoms with van der Waals surface area (Å²) >= 11 is 3.58. The molecular weight excluding hydrogens is 320 g/mol. The number of halogens is 1. The molecule has 1 aliphatic heterocycles. The van der Waals surface area contributed by atoms with Gasteiger partial charge in [0, 0.05) is 23.6 Å². The van der Waals surface area contributed by atoms with Gasteiger partial charge in [-0.2, -0.15) is 0 Å². The molecule has 1 fully saturated rings. The van der Waals surface area contributed by atoms with Crippen molar-refractivity contribution in [1.29, 1.82) is 0 Å². The van der Waals surface area contributed by atoms with Gasteiger partial charge in [-0.3, -0.25) is 9.69 Å². The Labute approximate surface area is 128 Å². The minimum Gasteiger partial charge on any atom is -0.497 e. The molecule has 1 heterocycles. The Balaban J connectivity index is 2.13. The lowest BCUT2D eigenvalue weighted by atomic mass is 9.92. The fraction of sp³-hybridized carbons (Fsp3) is 0.533. The topological polar surface area (TPSA) is 55.6 Å². The van der Waals surface area contributed by atoms with Gasteiger partial charge in [-0.1, -0.05) is 15.9 Å². The summed E-state index contributed by atoms with van der Waals surface area (Å²) in [5.74, 6) is 0.626. The predicted molar refractivity (Wildman–Crippen MR) is 82.5 cm³/mol. The van der Waals surface area contributed by atoms with Crippen LogP contribution in [0.3, 0.4) is 0 Å². The third-order valence-corrected chi connectivity index (χ3v) is 4.81. The SMILES string of the molecule is COc1ccc(Br)c(CN2CC(C(N)=O)CCC2C)c1. The van der Waals surface area contributed by atoms with Crippen molar-refractivity contribution in [3.63, 3.8) is 0 Å². The normalized spacial score (nSPS) is 23.6.